The molecule has 14 heavy (non-hydrogen) atoms. The van der Waals surface area contributed by atoms with Crippen LogP contribution in [0, 0.1) is 0 Å². The fourth-order valence-electron chi connectivity index (χ4n) is 1.12. The van der Waals surface area contributed by atoms with E-state index in [1.807, 2.05) is 18.2 Å². The first-order chi connectivity index (χ1) is 6.81. The number of aromatic amines is 1. The normalized spacial score (nSPS) is 10.4. The fraction of sp³-hybridized carbons (Fsp3) is 0.111. The van der Waals surface area contributed by atoms with Crippen LogP contribution in [0.5, 0.6) is 0 Å². The first-order valence-electron chi connectivity index (χ1n) is 4.08. The molecule has 4 nitrogen and oxygen atoms in total. The molecule has 0 saturated carbocycles. The van der Waals surface area contributed by atoms with Gasteiger partial charge in [0.15, 0.2) is 5.82 Å². The molecule has 2 heterocycles. The minimum Gasteiger partial charge on any atom is -0.390 e. The molecule has 5 heteroatoms. The van der Waals surface area contributed by atoms with Gasteiger partial charge in [-0.2, -0.15) is 0 Å². The number of halogens is 1. The maximum Gasteiger partial charge on any atom is 0.157 e. The van der Waals surface area contributed by atoms with Gasteiger partial charge in [0.05, 0.1) is 12.3 Å². The van der Waals surface area contributed by atoms with Gasteiger partial charge in [0.25, 0.3) is 0 Å². The molecule has 2 aromatic rings. The summed E-state index contributed by atoms with van der Waals surface area (Å²) in [6.07, 6.45) is 1.70. The van der Waals surface area contributed by atoms with E-state index in [-0.39, 0.29) is 6.61 Å². The molecule has 0 bridgehead atoms. The molecule has 0 aromatic carbocycles. The third-order valence-electron chi connectivity index (χ3n) is 1.79. The molecule has 0 aliphatic rings. The Morgan fingerprint density at radius 2 is 2.29 bits per heavy atom. The summed E-state index contributed by atoms with van der Waals surface area (Å²) in [6, 6.07) is 5.58. The summed E-state index contributed by atoms with van der Waals surface area (Å²) in [5, 5.41) is 8.96. The van der Waals surface area contributed by atoms with Crippen molar-refractivity contribution in [3.8, 4) is 11.5 Å². The van der Waals surface area contributed by atoms with Crippen molar-refractivity contribution in [2.75, 3.05) is 0 Å². The van der Waals surface area contributed by atoms with Crippen LogP contribution in [0.1, 0.15) is 5.69 Å². The first kappa shape index (κ1) is 9.36. The van der Waals surface area contributed by atoms with Crippen LogP contribution in [-0.2, 0) is 6.61 Å². The average molecular weight is 254 g/mol. The standard InChI is InChI=1S/C9H8BrN3O/c10-8-7(5-14)12-9(13-8)6-3-1-2-4-11-6/h1-4,14H,5H2,(H,12,13). The Labute approximate surface area is 89.2 Å². The van der Waals surface area contributed by atoms with Crippen LogP contribution in [0.4, 0.5) is 0 Å². The zero-order valence-electron chi connectivity index (χ0n) is 7.24. The second kappa shape index (κ2) is 3.89. The largest absolute Gasteiger partial charge is 0.390 e. The van der Waals surface area contributed by atoms with Crippen molar-refractivity contribution < 1.29 is 5.11 Å². The molecular formula is C9H8BrN3O. The lowest BCUT2D eigenvalue weighted by Gasteiger charge is -1.92. The number of aliphatic hydroxyl groups is 1. The summed E-state index contributed by atoms with van der Waals surface area (Å²) >= 11 is 3.24. The monoisotopic (exact) mass is 253 g/mol. The van der Waals surface area contributed by atoms with E-state index in [4.69, 9.17) is 5.11 Å². The highest BCUT2D eigenvalue weighted by Gasteiger charge is 2.08. The highest BCUT2D eigenvalue weighted by molar-refractivity contribution is 9.10. The van der Waals surface area contributed by atoms with Gasteiger partial charge >= 0.3 is 0 Å². The molecule has 2 aromatic heterocycles. The van der Waals surface area contributed by atoms with Gasteiger partial charge in [-0.15, -0.1) is 0 Å². The number of pyridine rings is 1. The molecule has 0 radical (unpaired) electrons. The maximum atomic E-state index is 8.96. The van der Waals surface area contributed by atoms with Crippen LogP contribution < -0.4 is 0 Å². The van der Waals surface area contributed by atoms with E-state index in [1.54, 1.807) is 6.20 Å². The third-order valence-corrected chi connectivity index (χ3v) is 2.45. The summed E-state index contributed by atoms with van der Waals surface area (Å²) in [7, 11) is 0. The lowest BCUT2D eigenvalue weighted by atomic mass is 10.3. The zero-order valence-corrected chi connectivity index (χ0v) is 8.82. The number of aliphatic hydroxyl groups excluding tert-OH is 1. The number of H-pyrrole nitrogens is 1. The molecule has 0 aliphatic carbocycles. The first-order valence-corrected chi connectivity index (χ1v) is 4.87. The van der Waals surface area contributed by atoms with E-state index >= 15 is 0 Å². The van der Waals surface area contributed by atoms with Crippen LogP contribution in [0.25, 0.3) is 11.5 Å². The third kappa shape index (κ3) is 1.69. The molecule has 0 amide bonds. The van der Waals surface area contributed by atoms with Crippen molar-refractivity contribution in [2.24, 2.45) is 0 Å². The van der Waals surface area contributed by atoms with E-state index in [0.717, 1.165) is 5.69 Å². The Morgan fingerprint density at radius 1 is 1.43 bits per heavy atom. The summed E-state index contributed by atoms with van der Waals surface area (Å²) in [6.45, 7) is -0.0690. The molecule has 0 unspecified atom stereocenters. The fourth-order valence-corrected chi connectivity index (χ4v) is 1.52. The van der Waals surface area contributed by atoms with Crippen LogP contribution in [0.3, 0.4) is 0 Å². The Balaban J connectivity index is 2.43. The maximum absolute atomic E-state index is 8.96. The minimum atomic E-state index is -0.0690. The van der Waals surface area contributed by atoms with Crippen molar-refractivity contribution in [2.45, 2.75) is 6.61 Å². The molecule has 0 saturated heterocycles. The Bertz CT molecular complexity index is 427. The quantitative estimate of drug-likeness (QED) is 0.857. The van der Waals surface area contributed by atoms with Gasteiger partial charge < -0.3 is 10.1 Å². The predicted octanol–water partition coefficient (Wildman–Crippen LogP) is 1.73. The lowest BCUT2D eigenvalue weighted by Crippen LogP contribution is -1.85. The predicted molar refractivity (Wildman–Crippen MR) is 55.4 cm³/mol. The van der Waals surface area contributed by atoms with Crippen molar-refractivity contribution in [1.29, 1.82) is 0 Å². The Morgan fingerprint density at radius 3 is 2.86 bits per heavy atom. The Hall–Kier alpha value is -1.20. The van der Waals surface area contributed by atoms with Crippen molar-refractivity contribution in [3.05, 3.63) is 34.7 Å². The number of rotatable bonds is 2. The average Bonchev–Trinajstić information content (AvgIpc) is 2.61. The molecule has 2 rings (SSSR count). The molecule has 0 atom stereocenters. The summed E-state index contributed by atoms with van der Waals surface area (Å²) in [4.78, 5) is 11.3. The van der Waals surface area contributed by atoms with Crippen LogP contribution in [0.15, 0.2) is 29.0 Å². The van der Waals surface area contributed by atoms with E-state index in [0.29, 0.717) is 16.1 Å². The van der Waals surface area contributed by atoms with Crippen LogP contribution in [0.2, 0.25) is 0 Å². The van der Waals surface area contributed by atoms with Gasteiger partial charge in [0, 0.05) is 6.20 Å². The van der Waals surface area contributed by atoms with Crippen molar-refractivity contribution >= 4 is 15.9 Å². The second-order valence-electron chi connectivity index (χ2n) is 2.73. The number of aromatic nitrogens is 3. The molecule has 2 N–H and O–H groups in total. The van der Waals surface area contributed by atoms with Crippen LogP contribution in [-0.4, -0.2) is 20.1 Å². The molecule has 0 spiro atoms. The number of hydrogen-bond acceptors (Lipinski definition) is 3. The van der Waals surface area contributed by atoms with Gasteiger partial charge in [-0.05, 0) is 28.1 Å². The van der Waals surface area contributed by atoms with Gasteiger partial charge in [0.2, 0.25) is 0 Å². The highest BCUT2D eigenvalue weighted by Crippen LogP contribution is 2.19. The lowest BCUT2D eigenvalue weighted by molar-refractivity contribution is 0.276. The van der Waals surface area contributed by atoms with Crippen molar-refractivity contribution in [3.63, 3.8) is 0 Å². The summed E-state index contributed by atoms with van der Waals surface area (Å²) in [5.74, 6) is 0.654. The zero-order chi connectivity index (χ0) is 9.97. The van der Waals surface area contributed by atoms with Gasteiger partial charge in [0.1, 0.15) is 10.3 Å². The van der Waals surface area contributed by atoms with E-state index < -0.39 is 0 Å². The Kier molecular flexibility index (Phi) is 2.60. The molecule has 0 fully saturated rings. The summed E-state index contributed by atoms with van der Waals surface area (Å²) in [5.41, 5.74) is 1.42. The number of nitrogens with one attached hydrogen (secondary N) is 1. The molecule has 0 aliphatic heterocycles. The van der Waals surface area contributed by atoms with Gasteiger partial charge in [-0.1, -0.05) is 6.07 Å². The SMILES string of the molecule is OCc1[nH]c(-c2ccccn2)nc1Br. The van der Waals surface area contributed by atoms with Gasteiger partial charge in [-0.3, -0.25) is 4.98 Å². The van der Waals surface area contributed by atoms with E-state index in [9.17, 15) is 0 Å². The smallest absolute Gasteiger partial charge is 0.157 e. The van der Waals surface area contributed by atoms with E-state index in [2.05, 4.69) is 30.9 Å². The van der Waals surface area contributed by atoms with Crippen LogP contribution >= 0.6 is 15.9 Å². The highest BCUT2D eigenvalue weighted by atomic mass is 79.9. The second-order valence-corrected chi connectivity index (χ2v) is 3.48. The topological polar surface area (TPSA) is 61.8 Å². The van der Waals surface area contributed by atoms with Crippen molar-refractivity contribution in [1.82, 2.24) is 15.0 Å². The minimum absolute atomic E-state index is 0.0690. The number of imidazole rings is 1. The molecular weight excluding hydrogens is 246 g/mol. The van der Waals surface area contributed by atoms with Gasteiger partial charge in [-0.25, -0.2) is 4.98 Å². The summed E-state index contributed by atoms with van der Waals surface area (Å²) < 4.78 is 0.626. The number of nitrogens with zero attached hydrogens (tertiary/aromatic N) is 2. The van der Waals surface area contributed by atoms with E-state index in [1.165, 1.54) is 0 Å². The number of hydrogen-bond donors (Lipinski definition) is 2. The molecule has 72 valence electrons.